The number of anilines is 1. The number of hydrogen-bond acceptors (Lipinski definition) is 3. The van der Waals surface area contributed by atoms with Crippen molar-refractivity contribution < 1.29 is 4.79 Å². The summed E-state index contributed by atoms with van der Waals surface area (Å²) in [4.78, 5) is 19.1. The molecule has 4 nitrogen and oxygen atoms in total. The Morgan fingerprint density at radius 2 is 2.19 bits per heavy atom. The zero-order valence-electron chi connectivity index (χ0n) is 9.13. The van der Waals surface area contributed by atoms with E-state index in [0.29, 0.717) is 18.2 Å². The first kappa shape index (κ1) is 13.2. The summed E-state index contributed by atoms with van der Waals surface area (Å²) in [5.41, 5.74) is 0. The number of halogens is 2. The molecule has 88 valence electrons. The third-order valence-electron chi connectivity index (χ3n) is 2.17. The van der Waals surface area contributed by atoms with E-state index < -0.39 is 0 Å². The quantitative estimate of drug-likeness (QED) is 0.669. The normalized spacial score (nSPS) is 12.2. The van der Waals surface area contributed by atoms with E-state index in [1.165, 1.54) is 6.07 Å². The number of hydrogen-bond donors (Lipinski definition) is 1. The molecule has 6 heteroatoms. The van der Waals surface area contributed by atoms with Gasteiger partial charge in [-0.05, 0) is 17.5 Å². The molecule has 0 saturated heterocycles. The number of carbonyl (C=O) groups is 1. The largest absolute Gasteiger partial charge is 0.311 e. The van der Waals surface area contributed by atoms with Gasteiger partial charge in [0, 0.05) is 12.5 Å². The minimum absolute atomic E-state index is 0.0198. The topological polar surface area (TPSA) is 54.9 Å². The van der Waals surface area contributed by atoms with Gasteiger partial charge in [0.05, 0.1) is 0 Å². The molecule has 0 aromatic carbocycles. The third-order valence-corrected chi connectivity index (χ3v) is 2.53. The van der Waals surface area contributed by atoms with E-state index in [-0.39, 0.29) is 16.3 Å². The molecule has 0 saturated carbocycles. The van der Waals surface area contributed by atoms with Crippen LogP contribution in [0.3, 0.4) is 0 Å². The summed E-state index contributed by atoms with van der Waals surface area (Å²) in [6.45, 7) is 4.05. The maximum absolute atomic E-state index is 11.5. The van der Waals surface area contributed by atoms with Gasteiger partial charge in [0.2, 0.25) is 11.2 Å². The first-order chi connectivity index (χ1) is 7.51. The van der Waals surface area contributed by atoms with Gasteiger partial charge in [-0.3, -0.25) is 4.79 Å². The fraction of sp³-hybridized carbons (Fsp3) is 0.500. The van der Waals surface area contributed by atoms with Crippen molar-refractivity contribution in [2.75, 3.05) is 5.32 Å². The molecule has 16 heavy (non-hydrogen) atoms. The lowest BCUT2D eigenvalue weighted by Crippen LogP contribution is -2.15. The van der Waals surface area contributed by atoms with Crippen molar-refractivity contribution >= 4 is 34.9 Å². The van der Waals surface area contributed by atoms with Gasteiger partial charge in [0.1, 0.15) is 11.0 Å². The SMILES string of the molecule is CCC(C)CC(=O)Nc1cc(Cl)nc(Cl)n1. The van der Waals surface area contributed by atoms with Gasteiger partial charge >= 0.3 is 0 Å². The van der Waals surface area contributed by atoms with E-state index in [1.807, 2.05) is 13.8 Å². The van der Waals surface area contributed by atoms with E-state index in [0.717, 1.165) is 6.42 Å². The Morgan fingerprint density at radius 3 is 2.75 bits per heavy atom. The summed E-state index contributed by atoms with van der Waals surface area (Å²) in [5, 5.41) is 2.86. The van der Waals surface area contributed by atoms with Crippen LogP contribution in [-0.4, -0.2) is 15.9 Å². The maximum atomic E-state index is 11.5. The molecule has 0 fully saturated rings. The second-order valence-corrected chi connectivity index (χ2v) is 4.34. The van der Waals surface area contributed by atoms with Crippen molar-refractivity contribution in [3.8, 4) is 0 Å². The standard InChI is InChI=1S/C10H13Cl2N3O/c1-3-6(2)4-9(16)14-8-5-7(11)13-10(12)15-8/h5-6H,3-4H2,1-2H3,(H,13,14,15,16). The smallest absolute Gasteiger partial charge is 0.225 e. The number of nitrogens with one attached hydrogen (secondary N) is 1. The molecule has 1 amide bonds. The fourth-order valence-electron chi connectivity index (χ4n) is 1.11. The van der Waals surface area contributed by atoms with Crippen LogP contribution in [0.15, 0.2) is 6.07 Å². The van der Waals surface area contributed by atoms with Crippen molar-refractivity contribution in [1.29, 1.82) is 0 Å². The summed E-state index contributed by atoms with van der Waals surface area (Å²) < 4.78 is 0. The first-order valence-corrected chi connectivity index (χ1v) is 5.76. The third kappa shape index (κ3) is 4.33. The molecule has 0 aliphatic rings. The van der Waals surface area contributed by atoms with Crippen LogP contribution in [0.4, 0.5) is 5.82 Å². The van der Waals surface area contributed by atoms with Gasteiger partial charge < -0.3 is 5.32 Å². The Bertz CT molecular complexity index is 364. The predicted octanol–water partition coefficient (Wildman–Crippen LogP) is 3.16. The zero-order valence-corrected chi connectivity index (χ0v) is 10.6. The molecule has 1 atom stereocenters. The molecule has 1 aromatic heterocycles. The summed E-state index contributed by atoms with van der Waals surface area (Å²) in [5.74, 6) is 0.575. The molecule has 0 spiro atoms. The minimum Gasteiger partial charge on any atom is -0.311 e. The lowest BCUT2D eigenvalue weighted by Gasteiger charge is -2.08. The van der Waals surface area contributed by atoms with E-state index in [4.69, 9.17) is 23.2 Å². The van der Waals surface area contributed by atoms with Crippen molar-refractivity contribution in [3.05, 3.63) is 16.5 Å². The summed E-state index contributed by atoms with van der Waals surface area (Å²) in [6.07, 6.45) is 1.41. The van der Waals surface area contributed by atoms with Crippen molar-refractivity contribution in [2.45, 2.75) is 26.7 Å². The summed E-state index contributed by atoms with van der Waals surface area (Å²) >= 11 is 11.3. The van der Waals surface area contributed by atoms with Crippen LogP contribution in [0.1, 0.15) is 26.7 Å². The Morgan fingerprint density at radius 1 is 1.50 bits per heavy atom. The fourth-order valence-corrected chi connectivity index (χ4v) is 1.52. The van der Waals surface area contributed by atoms with Gasteiger partial charge in [-0.1, -0.05) is 31.9 Å². The van der Waals surface area contributed by atoms with E-state index in [2.05, 4.69) is 15.3 Å². The molecule has 1 N–H and O–H groups in total. The lowest BCUT2D eigenvalue weighted by molar-refractivity contribution is -0.117. The van der Waals surface area contributed by atoms with Crippen LogP contribution in [0.25, 0.3) is 0 Å². The average Bonchev–Trinajstić information content (AvgIpc) is 2.15. The van der Waals surface area contributed by atoms with Crippen molar-refractivity contribution in [1.82, 2.24) is 9.97 Å². The molecule has 1 aromatic rings. The number of amides is 1. The highest BCUT2D eigenvalue weighted by Crippen LogP contribution is 2.15. The Kier molecular flexibility index (Phi) is 4.96. The zero-order chi connectivity index (χ0) is 12.1. The number of rotatable bonds is 4. The van der Waals surface area contributed by atoms with Gasteiger partial charge in [-0.25, -0.2) is 9.97 Å². The highest BCUT2D eigenvalue weighted by Gasteiger charge is 2.09. The molecule has 1 rings (SSSR count). The van der Waals surface area contributed by atoms with Gasteiger partial charge in [-0.15, -0.1) is 0 Å². The van der Waals surface area contributed by atoms with Gasteiger partial charge in [0.25, 0.3) is 0 Å². The second-order valence-electron chi connectivity index (χ2n) is 3.61. The van der Waals surface area contributed by atoms with E-state index in [1.54, 1.807) is 0 Å². The van der Waals surface area contributed by atoms with Crippen molar-refractivity contribution in [2.24, 2.45) is 5.92 Å². The monoisotopic (exact) mass is 261 g/mol. The molecule has 1 heterocycles. The highest BCUT2D eigenvalue weighted by molar-refractivity contribution is 6.32. The van der Waals surface area contributed by atoms with E-state index >= 15 is 0 Å². The second kappa shape index (κ2) is 6.01. The van der Waals surface area contributed by atoms with Crippen LogP contribution >= 0.6 is 23.2 Å². The Labute approximate surface area is 104 Å². The Hall–Kier alpha value is -0.870. The minimum atomic E-state index is -0.0971. The highest BCUT2D eigenvalue weighted by atomic mass is 35.5. The Balaban J connectivity index is 2.62. The molecular weight excluding hydrogens is 249 g/mol. The van der Waals surface area contributed by atoms with Crippen molar-refractivity contribution in [3.63, 3.8) is 0 Å². The van der Waals surface area contributed by atoms with Crippen LogP contribution in [0.5, 0.6) is 0 Å². The van der Waals surface area contributed by atoms with Crippen LogP contribution in [0.2, 0.25) is 10.4 Å². The van der Waals surface area contributed by atoms with Crippen LogP contribution in [0, 0.1) is 5.92 Å². The van der Waals surface area contributed by atoms with Crippen LogP contribution < -0.4 is 5.32 Å². The average molecular weight is 262 g/mol. The molecular formula is C10H13Cl2N3O. The predicted molar refractivity (Wildman–Crippen MR) is 64.8 cm³/mol. The number of aromatic nitrogens is 2. The molecule has 1 unspecified atom stereocenters. The van der Waals surface area contributed by atoms with Gasteiger partial charge in [0.15, 0.2) is 0 Å². The summed E-state index contributed by atoms with van der Waals surface area (Å²) in [7, 11) is 0. The molecule has 0 aliphatic heterocycles. The molecule has 0 aliphatic carbocycles. The first-order valence-electron chi connectivity index (χ1n) is 5.01. The number of carbonyl (C=O) groups excluding carboxylic acids is 1. The van der Waals surface area contributed by atoms with E-state index in [9.17, 15) is 4.79 Å². The lowest BCUT2D eigenvalue weighted by atomic mass is 10.1. The summed E-state index contributed by atoms with van der Waals surface area (Å²) in [6, 6.07) is 1.46. The van der Waals surface area contributed by atoms with Crippen LogP contribution in [-0.2, 0) is 4.79 Å². The maximum Gasteiger partial charge on any atom is 0.225 e. The molecule has 0 bridgehead atoms. The molecule has 0 radical (unpaired) electrons. The number of nitrogens with zero attached hydrogens (tertiary/aromatic N) is 2. The van der Waals surface area contributed by atoms with Gasteiger partial charge in [-0.2, -0.15) is 0 Å².